The molecule has 1 aliphatic rings. The first kappa shape index (κ1) is 17.0. The summed E-state index contributed by atoms with van der Waals surface area (Å²) in [5.41, 5.74) is 2.69. The summed E-state index contributed by atoms with van der Waals surface area (Å²) >= 11 is 0. The quantitative estimate of drug-likeness (QED) is 0.734. The van der Waals surface area contributed by atoms with Gasteiger partial charge in [0, 0.05) is 31.9 Å². The van der Waals surface area contributed by atoms with Crippen LogP contribution in [0.1, 0.15) is 12.5 Å². The molecule has 1 aliphatic heterocycles. The Morgan fingerprint density at radius 1 is 1.30 bits per heavy atom. The fourth-order valence-corrected chi connectivity index (χ4v) is 3.34. The maximum atomic E-state index is 12.4. The van der Waals surface area contributed by atoms with E-state index in [9.17, 15) is 14.4 Å². The standard InChI is InChI=1S/C18H18N6O3/c1-11(25)24-6-5-12-7-13(3-4-15(12)24)21-16(26)9-23-10-19-17-14(18(23)27)8-20-22(17)2/h3-4,7-8,10H,5-6,9H2,1-2H3,(H,21,26). The van der Waals surface area contributed by atoms with E-state index < -0.39 is 0 Å². The number of aryl methyl sites for hydroxylation is 1. The lowest BCUT2D eigenvalue weighted by Crippen LogP contribution is -2.28. The zero-order chi connectivity index (χ0) is 19.1. The number of hydrogen-bond acceptors (Lipinski definition) is 5. The van der Waals surface area contributed by atoms with Gasteiger partial charge in [-0.15, -0.1) is 0 Å². The number of nitrogens with zero attached hydrogens (tertiary/aromatic N) is 5. The van der Waals surface area contributed by atoms with Gasteiger partial charge >= 0.3 is 0 Å². The number of anilines is 2. The number of hydrogen-bond donors (Lipinski definition) is 1. The third-order valence-corrected chi connectivity index (χ3v) is 4.67. The minimum absolute atomic E-state index is 0.00297. The molecule has 27 heavy (non-hydrogen) atoms. The molecular formula is C18H18N6O3. The molecule has 0 bridgehead atoms. The second-order valence-corrected chi connectivity index (χ2v) is 6.50. The first-order valence-electron chi connectivity index (χ1n) is 8.52. The highest BCUT2D eigenvalue weighted by Crippen LogP contribution is 2.30. The number of amides is 2. The molecule has 0 aliphatic carbocycles. The van der Waals surface area contributed by atoms with Crippen LogP contribution in [-0.2, 0) is 29.6 Å². The van der Waals surface area contributed by atoms with Crippen LogP contribution in [0.2, 0.25) is 0 Å². The van der Waals surface area contributed by atoms with Crippen LogP contribution >= 0.6 is 0 Å². The van der Waals surface area contributed by atoms with Crippen LogP contribution in [0.4, 0.5) is 11.4 Å². The zero-order valence-corrected chi connectivity index (χ0v) is 15.0. The molecule has 1 aromatic carbocycles. The highest BCUT2D eigenvalue weighted by molar-refractivity contribution is 5.95. The van der Waals surface area contributed by atoms with E-state index in [0.29, 0.717) is 23.3 Å². The lowest BCUT2D eigenvalue weighted by atomic mass is 10.1. The molecular weight excluding hydrogens is 348 g/mol. The van der Waals surface area contributed by atoms with Crippen molar-refractivity contribution in [2.24, 2.45) is 7.05 Å². The highest BCUT2D eigenvalue weighted by atomic mass is 16.2. The smallest absolute Gasteiger partial charge is 0.264 e. The van der Waals surface area contributed by atoms with E-state index >= 15 is 0 Å². The van der Waals surface area contributed by atoms with Gasteiger partial charge in [-0.2, -0.15) is 5.10 Å². The first-order valence-corrected chi connectivity index (χ1v) is 8.52. The number of aromatic nitrogens is 4. The second-order valence-electron chi connectivity index (χ2n) is 6.50. The van der Waals surface area contributed by atoms with Gasteiger partial charge in [-0.25, -0.2) is 4.98 Å². The summed E-state index contributed by atoms with van der Waals surface area (Å²) < 4.78 is 2.76. The molecule has 0 unspecified atom stereocenters. The molecule has 9 heteroatoms. The van der Waals surface area contributed by atoms with Crippen molar-refractivity contribution in [2.45, 2.75) is 19.9 Å². The van der Waals surface area contributed by atoms with Gasteiger partial charge in [0.05, 0.1) is 6.20 Å². The van der Waals surface area contributed by atoms with Crippen LogP contribution < -0.4 is 15.8 Å². The van der Waals surface area contributed by atoms with Gasteiger partial charge < -0.3 is 10.2 Å². The minimum Gasteiger partial charge on any atom is -0.325 e. The lowest BCUT2D eigenvalue weighted by molar-refractivity contribution is -0.117. The second kappa shape index (κ2) is 6.35. The Morgan fingerprint density at radius 3 is 2.89 bits per heavy atom. The summed E-state index contributed by atoms with van der Waals surface area (Å²) in [5, 5.41) is 7.17. The van der Waals surface area contributed by atoms with Crippen LogP contribution in [0.5, 0.6) is 0 Å². The van der Waals surface area contributed by atoms with Gasteiger partial charge in [0.15, 0.2) is 5.65 Å². The van der Waals surface area contributed by atoms with Crippen molar-refractivity contribution in [3.05, 3.63) is 46.6 Å². The Balaban J connectivity index is 1.51. The summed E-state index contributed by atoms with van der Waals surface area (Å²) in [6.07, 6.45) is 3.54. The Hall–Kier alpha value is -3.49. The fraction of sp³-hybridized carbons (Fsp3) is 0.278. The Kier molecular flexibility index (Phi) is 3.98. The number of nitrogens with one attached hydrogen (secondary N) is 1. The Bertz CT molecular complexity index is 1130. The van der Waals surface area contributed by atoms with E-state index in [1.165, 1.54) is 28.7 Å². The van der Waals surface area contributed by atoms with Gasteiger partial charge in [0.25, 0.3) is 5.56 Å². The van der Waals surface area contributed by atoms with Crippen molar-refractivity contribution in [2.75, 3.05) is 16.8 Å². The van der Waals surface area contributed by atoms with Gasteiger partial charge in [-0.05, 0) is 30.2 Å². The monoisotopic (exact) mass is 366 g/mol. The number of carbonyl (C=O) groups excluding carboxylic acids is 2. The van der Waals surface area contributed by atoms with Crippen LogP contribution in [0.3, 0.4) is 0 Å². The number of carbonyl (C=O) groups is 2. The molecule has 0 saturated heterocycles. The molecule has 3 heterocycles. The van der Waals surface area contributed by atoms with E-state index in [4.69, 9.17) is 0 Å². The fourth-order valence-electron chi connectivity index (χ4n) is 3.34. The number of benzene rings is 1. The molecule has 0 saturated carbocycles. The van der Waals surface area contributed by atoms with Gasteiger partial charge in [0.1, 0.15) is 18.3 Å². The van der Waals surface area contributed by atoms with E-state index in [-0.39, 0.29) is 23.9 Å². The molecule has 2 amide bonds. The van der Waals surface area contributed by atoms with E-state index in [0.717, 1.165) is 17.7 Å². The molecule has 0 atom stereocenters. The molecule has 4 rings (SSSR count). The topological polar surface area (TPSA) is 102 Å². The van der Waals surface area contributed by atoms with Crippen LogP contribution in [-0.4, -0.2) is 37.7 Å². The molecule has 1 N–H and O–H groups in total. The minimum atomic E-state index is -0.330. The maximum absolute atomic E-state index is 12.4. The predicted molar refractivity (Wildman–Crippen MR) is 99.6 cm³/mol. The van der Waals surface area contributed by atoms with Crippen LogP contribution in [0.15, 0.2) is 35.5 Å². The summed E-state index contributed by atoms with van der Waals surface area (Å²) in [7, 11) is 1.70. The molecule has 138 valence electrons. The largest absolute Gasteiger partial charge is 0.325 e. The van der Waals surface area contributed by atoms with Crippen molar-refractivity contribution >= 4 is 34.2 Å². The molecule has 0 fully saturated rings. The summed E-state index contributed by atoms with van der Waals surface area (Å²) in [5.74, 6) is -0.327. The average molecular weight is 366 g/mol. The lowest BCUT2D eigenvalue weighted by Gasteiger charge is -2.15. The van der Waals surface area contributed by atoms with Crippen molar-refractivity contribution in [1.29, 1.82) is 0 Å². The van der Waals surface area contributed by atoms with Gasteiger partial charge in [0.2, 0.25) is 11.8 Å². The van der Waals surface area contributed by atoms with Crippen molar-refractivity contribution in [3.8, 4) is 0 Å². The third-order valence-electron chi connectivity index (χ3n) is 4.67. The van der Waals surface area contributed by atoms with Crippen LogP contribution in [0.25, 0.3) is 11.0 Å². The van der Waals surface area contributed by atoms with E-state index in [2.05, 4.69) is 15.4 Å². The number of fused-ring (bicyclic) bond motifs is 2. The first-order chi connectivity index (χ1) is 12.9. The maximum Gasteiger partial charge on any atom is 0.264 e. The molecule has 2 aromatic heterocycles. The van der Waals surface area contributed by atoms with Crippen molar-refractivity contribution in [3.63, 3.8) is 0 Å². The summed E-state index contributed by atoms with van der Waals surface area (Å²) in [4.78, 5) is 42.3. The van der Waals surface area contributed by atoms with E-state index in [1.54, 1.807) is 18.0 Å². The summed E-state index contributed by atoms with van der Waals surface area (Å²) in [6.45, 7) is 2.04. The Morgan fingerprint density at radius 2 is 2.11 bits per heavy atom. The average Bonchev–Trinajstić information content (AvgIpc) is 3.21. The zero-order valence-electron chi connectivity index (χ0n) is 15.0. The SMILES string of the molecule is CC(=O)N1CCc2cc(NC(=O)Cn3cnc4c(cnn4C)c3=O)ccc21. The molecule has 0 radical (unpaired) electrons. The molecule has 0 spiro atoms. The van der Waals surface area contributed by atoms with Gasteiger partial charge in [-0.3, -0.25) is 23.6 Å². The van der Waals surface area contributed by atoms with Crippen molar-refractivity contribution in [1.82, 2.24) is 19.3 Å². The Labute approximate surface area is 154 Å². The summed E-state index contributed by atoms with van der Waals surface area (Å²) in [6, 6.07) is 5.44. The highest BCUT2D eigenvalue weighted by Gasteiger charge is 2.22. The molecule has 3 aromatic rings. The normalized spacial score (nSPS) is 13.0. The predicted octanol–water partition coefficient (Wildman–Crippen LogP) is 0.678. The van der Waals surface area contributed by atoms with Crippen LogP contribution in [0, 0.1) is 0 Å². The van der Waals surface area contributed by atoms with Gasteiger partial charge in [-0.1, -0.05) is 0 Å². The third kappa shape index (κ3) is 2.97. The molecule has 9 nitrogen and oxygen atoms in total. The van der Waals surface area contributed by atoms with Crippen molar-refractivity contribution < 1.29 is 9.59 Å². The van der Waals surface area contributed by atoms with E-state index in [1.807, 2.05) is 12.1 Å². The number of rotatable bonds is 3.